The van der Waals surface area contributed by atoms with Crippen molar-refractivity contribution in [2.75, 3.05) is 0 Å². The Morgan fingerprint density at radius 1 is 0.767 bits per heavy atom. The highest BCUT2D eigenvalue weighted by atomic mass is 16.6. The minimum atomic E-state index is -0.835. The predicted molar refractivity (Wildman–Crippen MR) is 120 cm³/mol. The van der Waals surface area contributed by atoms with Crippen molar-refractivity contribution >= 4 is 11.9 Å². The lowest BCUT2D eigenvalue weighted by Crippen LogP contribution is -2.48. The van der Waals surface area contributed by atoms with Crippen molar-refractivity contribution in [3.05, 3.63) is 71.8 Å². The summed E-state index contributed by atoms with van der Waals surface area (Å²) >= 11 is 0. The van der Waals surface area contributed by atoms with Gasteiger partial charge in [-0.2, -0.15) is 0 Å². The Labute approximate surface area is 180 Å². The van der Waals surface area contributed by atoms with Crippen LogP contribution in [-0.4, -0.2) is 23.6 Å². The summed E-state index contributed by atoms with van der Waals surface area (Å²) in [5, 5.41) is 0. The lowest BCUT2D eigenvalue weighted by Gasteiger charge is -2.39. The van der Waals surface area contributed by atoms with E-state index in [0.29, 0.717) is 30.4 Å². The van der Waals surface area contributed by atoms with E-state index < -0.39 is 11.7 Å². The van der Waals surface area contributed by atoms with Gasteiger partial charge in [-0.3, -0.25) is 0 Å². The Hall–Kier alpha value is -2.62. The maximum atomic E-state index is 13.0. The number of carbonyl (C=O) groups excluding carboxylic acids is 2. The number of benzene rings is 2. The van der Waals surface area contributed by atoms with Crippen LogP contribution in [0.15, 0.2) is 60.7 Å². The van der Waals surface area contributed by atoms with E-state index in [-0.39, 0.29) is 11.9 Å². The molecule has 0 fully saturated rings. The van der Waals surface area contributed by atoms with Crippen LogP contribution in [0.25, 0.3) is 0 Å². The summed E-state index contributed by atoms with van der Waals surface area (Å²) in [7, 11) is 0. The molecule has 4 nitrogen and oxygen atoms in total. The van der Waals surface area contributed by atoms with E-state index in [4.69, 9.17) is 9.47 Å². The fourth-order valence-electron chi connectivity index (χ4n) is 3.72. The summed E-state index contributed by atoms with van der Waals surface area (Å²) in [6.45, 7) is 6.20. The van der Waals surface area contributed by atoms with Gasteiger partial charge in [0.1, 0.15) is 11.7 Å². The Morgan fingerprint density at radius 2 is 1.23 bits per heavy atom. The van der Waals surface area contributed by atoms with Gasteiger partial charge in [-0.1, -0.05) is 70.0 Å². The van der Waals surface area contributed by atoms with E-state index in [2.05, 4.69) is 13.8 Å². The molecule has 0 radical (unpaired) electrons. The highest BCUT2D eigenvalue weighted by molar-refractivity contribution is 5.90. The van der Waals surface area contributed by atoms with E-state index in [9.17, 15) is 9.59 Å². The van der Waals surface area contributed by atoms with Gasteiger partial charge < -0.3 is 9.47 Å². The third-order valence-electron chi connectivity index (χ3n) is 5.43. The molecule has 0 amide bonds. The van der Waals surface area contributed by atoms with Crippen LogP contribution in [0.2, 0.25) is 0 Å². The van der Waals surface area contributed by atoms with Crippen LogP contribution < -0.4 is 0 Å². The molecule has 162 valence electrons. The van der Waals surface area contributed by atoms with Crippen LogP contribution in [-0.2, 0) is 9.47 Å². The predicted octanol–water partition coefficient (Wildman–Crippen LogP) is 6.60. The molecule has 2 aromatic rings. The molecular formula is C26H34O4. The van der Waals surface area contributed by atoms with Crippen LogP contribution in [0.3, 0.4) is 0 Å². The third-order valence-corrected chi connectivity index (χ3v) is 5.43. The molecule has 0 bridgehead atoms. The van der Waals surface area contributed by atoms with Gasteiger partial charge in [0, 0.05) is 0 Å². The molecule has 2 rings (SSSR count). The SMILES string of the molecule is CCCCC(CCCC)(OC(=O)c1ccccc1)C(CC)OC(=O)c1ccccc1. The monoisotopic (exact) mass is 410 g/mol. The Bertz CT molecular complexity index is 762. The minimum absolute atomic E-state index is 0.364. The van der Waals surface area contributed by atoms with Gasteiger partial charge in [0.05, 0.1) is 11.1 Å². The average molecular weight is 411 g/mol. The van der Waals surface area contributed by atoms with Gasteiger partial charge in [0.25, 0.3) is 0 Å². The van der Waals surface area contributed by atoms with Gasteiger partial charge in [-0.05, 0) is 56.4 Å². The van der Waals surface area contributed by atoms with Gasteiger partial charge >= 0.3 is 11.9 Å². The van der Waals surface area contributed by atoms with E-state index in [1.165, 1.54) is 0 Å². The van der Waals surface area contributed by atoms with Crippen molar-refractivity contribution in [3.8, 4) is 0 Å². The molecular weight excluding hydrogens is 376 g/mol. The molecule has 0 saturated carbocycles. The van der Waals surface area contributed by atoms with E-state index in [1.807, 2.05) is 43.3 Å². The summed E-state index contributed by atoms with van der Waals surface area (Å²) in [5.41, 5.74) is 0.183. The Kier molecular flexibility index (Phi) is 9.59. The molecule has 0 aromatic heterocycles. The number of unbranched alkanes of at least 4 members (excludes halogenated alkanes) is 2. The molecule has 0 N–H and O–H groups in total. The highest BCUT2D eigenvalue weighted by Gasteiger charge is 2.43. The highest BCUT2D eigenvalue weighted by Crippen LogP contribution is 2.35. The van der Waals surface area contributed by atoms with E-state index >= 15 is 0 Å². The topological polar surface area (TPSA) is 52.6 Å². The van der Waals surface area contributed by atoms with Gasteiger partial charge in [-0.25, -0.2) is 9.59 Å². The van der Waals surface area contributed by atoms with Crippen molar-refractivity contribution < 1.29 is 19.1 Å². The first kappa shape index (κ1) is 23.7. The maximum absolute atomic E-state index is 13.0. The second-order valence-electron chi connectivity index (χ2n) is 7.70. The van der Waals surface area contributed by atoms with Crippen molar-refractivity contribution in [1.82, 2.24) is 0 Å². The first-order valence-corrected chi connectivity index (χ1v) is 11.1. The Balaban J connectivity index is 2.34. The Morgan fingerprint density at radius 3 is 1.67 bits per heavy atom. The number of rotatable bonds is 12. The first-order chi connectivity index (χ1) is 14.6. The summed E-state index contributed by atoms with van der Waals surface area (Å²) < 4.78 is 12.2. The van der Waals surface area contributed by atoms with Crippen molar-refractivity contribution in [1.29, 1.82) is 0 Å². The molecule has 1 atom stereocenters. The largest absolute Gasteiger partial charge is 0.455 e. The third kappa shape index (κ3) is 6.45. The fraction of sp³-hybridized carbons (Fsp3) is 0.462. The molecule has 0 saturated heterocycles. The normalized spacial score (nSPS) is 12.2. The average Bonchev–Trinajstić information content (AvgIpc) is 2.80. The van der Waals surface area contributed by atoms with Crippen LogP contribution in [0.1, 0.15) is 86.4 Å². The summed E-state index contributed by atoms with van der Waals surface area (Å²) in [6, 6.07) is 18.0. The fourth-order valence-corrected chi connectivity index (χ4v) is 3.72. The lowest BCUT2D eigenvalue weighted by atomic mass is 9.83. The molecule has 0 spiro atoms. The smallest absolute Gasteiger partial charge is 0.338 e. The molecule has 4 heteroatoms. The molecule has 0 aliphatic rings. The van der Waals surface area contributed by atoms with E-state index in [0.717, 1.165) is 25.7 Å². The summed E-state index contributed by atoms with van der Waals surface area (Å²) in [6.07, 6.45) is 5.14. The first-order valence-electron chi connectivity index (χ1n) is 11.1. The van der Waals surface area contributed by atoms with Crippen LogP contribution in [0.4, 0.5) is 0 Å². The van der Waals surface area contributed by atoms with Gasteiger partial charge in [0.15, 0.2) is 0 Å². The van der Waals surface area contributed by atoms with Crippen LogP contribution >= 0.6 is 0 Å². The summed E-state index contributed by atoms with van der Waals surface area (Å²) in [5.74, 6) is -0.743. The minimum Gasteiger partial charge on any atom is -0.455 e. The molecule has 0 heterocycles. The van der Waals surface area contributed by atoms with Gasteiger partial charge in [0.2, 0.25) is 0 Å². The van der Waals surface area contributed by atoms with Crippen LogP contribution in [0, 0.1) is 0 Å². The number of hydrogen-bond acceptors (Lipinski definition) is 4. The zero-order valence-corrected chi connectivity index (χ0v) is 18.4. The number of ether oxygens (including phenoxy) is 2. The number of carbonyl (C=O) groups is 2. The molecule has 1 unspecified atom stereocenters. The quantitative estimate of drug-likeness (QED) is 0.370. The van der Waals surface area contributed by atoms with Crippen LogP contribution in [0.5, 0.6) is 0 Å². The molecule has 0 aliphatic heterocycles. The molecule has 0 aliphatic carbocycles. The number of esters is 2. The standard InChI is InChI=1S/C26H34O4/c1-4-7-19-26(20-8-5-2,30-25(28)22-17-13-10-14-18-22)23(6-3)29-24(27)21-15-11-9-12-16-21/h9-18,23H,4-8,19-20H2,1-3H3. The molecule has 2 aromatic carbocycles. The zero-order chi connectivity index (χ0) is 21.8. The zero-order valence-electron chi connectivity index (χ0n) is 18.4. The summed E-state index contributed by atoms with van der Waals surface area (Å²) in [4.78, 5) is 25.8. The van der Waals surface area contributed by atoms with Crippen molar-refractivity contribution in [2.45, 2.75) is 77.4 Å². The number of hydrogen-bond donors (Lipinski definition) is 0. The molecule has 30 heavy (non-hydrogen) atoms. The van der Waals surface area contributed by atoms with Crippen molar-refractivity contribution in [3.63, 3.8) is 0 Å². The second-order valence-corrected chi connectivity index (χ2v) is 7.70. The van der Waals surface area contributed by atoms with Crippen molar-refractivity contribution in [2.24, 2.45) is 0 Å². The van der Waals surface area contributed by atoms with Gasteiger partial charge in [-0.15, -0.1) is 0 Å². The van der Waals surface area contributed by atoms with E-state index in [1.54, 1.807) is 24.3 Å². The maximum Gasteiger partial charge on any atom is 0.338 e. The second kappa shape index (κ2) is 12.2. The lowest BCUT2D eigenvalue weighted by molar-refractivity contribution is -0.108.